The molecule has 3 rings (SSSR count). The van der Waals surface area contributed by atoms with Crippen molar-refractivity contribution in [3.63, 3.8) is 0 Å². The van der Waals surface area contributed by atoms with Crippen LogP contribution in [0.15, 0.2) is 66.3 Å². The SMILES string of the molecule is C=CCn1c(SCC(=O)Nc2ccc(C(=O)N(CC)CC)cc2)nnc1-c1cccc(C)c1. The molecule has 0 unspecified atom stereocenters. The zero-order valence-electron chi connectivity index (χ0n) is 19.2. The smallest absolute Gasteiger partial charge is 0.253 e. The number of anilines is 1. The van der Waals surface area contributed by atoms with Gasteiger partial charge in [-0.05, 0) is 51.1 Å². The maximum absolute atomic E-state index is 12.5. The number of benzene rings is 2. The number of aromatic nitrogens is 3. The second-order valence-electron chi connectivity index (χ2n) is 7.47. The van der Waals surface area contributed by atoms with Crippen LogP contribution in [0.2, 0.25) is 0 Å². The van der Waals surface area contributed by atoms with Crippen molar-refractivity contribution < 1.29 is 9.59 Å². The highest BCUT2D eigenvalue weighted by molar-refractivity contribution is 7.99. The minimum absolute atomic E-state index is 0.0144. The lowest BCUT2D eigenvalue weighted by atomic mass is 10.1. The Morgan fingerprint density at radius 3 is 2.48 bits per heavy atom. The predicted molar refractivity (Wildman–Crippen MR) is 133 cm³/mol. The minimum atomic E-state index is -0.159. The van der Waals surface area contributed by atoms with E-state index in [1.807, 2.05) is 43.5 Å². The summed E-state index contributed by atoms with van der Waals surface area (Å²) in [6.45, 7) is 11.6. The Balaban J connectivity index is 1.64. The summed E-state index contributed by atoms with van der Waals surface area (Å²) in [6, 6.07) is 15.0. The number of nitrogens with one attached hydrogen (secondary N) is 1. The van der Waals surface area contributed by atoms with Gasteiger partial charge in [0.05, 0.1) is 5.75 Å². The van der Waals surface area contributed by atoms with E-state index in [-0.39, 0.29) is 17.6 Å². The van der Waals surface area contributed by atoms with Gasteiger partial charge in [0.1, 0.15) is 0 Å². The highest BCUT2D eigenvalue weighted by Crippen LogP contribution is 2.25. The van der Waals surface area contributed by atoms with E-state index in [0.29, 0.717) is 36.0 Å². The van der Waals surface area contributed by atoms with Crippen LogP contribution in [0.1, 0.15) is 29.8 Å². The Hall–Kier alpha value is -3.39. The number of carbonyl (C=O) groups excluding carboxylic acids is 2. The molecule has 2 amide bonds. The van der Waals surface area contributed by atoms with Crippen molar-refractivity contribution >= 4 is 29.3 Å². The van der Waals surface area contributed by atoms with Crippen LogP contribution in [0, 0.1) is 6.92 Å². The first-order chi connectivity index (χ1) is 16.0. The molecule has 0 aliphatic carbocycles. The van der Waals surface area contributed by atoms with Crippen molar-refractivity contribution in [3.8, 4) is 11.4 Å². The van der Waals surface area contributed by atoms with Gasteiger partial charge in [0, 0.05) is 36.4 Å². The lowest BCUT2D eigenvalue weighted by molar-refractivity contribution is -0.113. The summed E-state index contributed by atoms with van der Waals surface area (Å²) in [5.41, 5.74) is 3.36. The number of rotatable bonds is 10. The van der Waals surface area contributed by atoms with Crippen molar-refractivity contribution in [2.24, 2.45) is 0 Å². The predicted octanol–water partition coefficient (Wildman–Crippen LogP) is 4.65. The zero-order chi connectivity index (χ0) is 23.8. The van der Waals surface area contributed by atoms with Crippen molar-refractivity contribution in [2.75, 3.05) is 24.2 Å². The number of hydrogen-bond acceptors (Lipinski definition) is 5. The third-order valence-corrected chi connectivity index (χ3v) is 6.07. The van der Waals surface area contributed by atoms with Crippen molar-refractivity contribution in [2.45, 2.75) is 32.5 Å². The number of carbonyl (C=O) groups is 2. The fraction of sp³-hybridized carbons (Fsp3) is 0.280. The zero-order valence-corrected chi connectivity index (χ0v) is 20.1. The Morgan fingerprint density at radius 1 is 1.12 bits per heavy atom. The first-order valence-corrected chi connectivity index (χ1v) is 11.9. The lowest BCUT2D eigenvalue weighted by Crippen LogP contribution is -2.30. The van der Waals surface area contributed by atoms with Crippen LogP contribution in [0.5, 0.6) is 0 Å². The summed E-state index contributed by atoms with van der Waals surface area (Å²) < 4.78 is 1.95. The molecule has 0 atom stereocenters. The highest BCUT2D eigenvalue weighted by atomic mass is 32.2. The molecule has 0 saturated carbocycles. The summed E-state index contributed by atoms with van der Waals surface area (Å²) in [7, 11) is 0. The highest BCUT2D eigenvalue weighted by Gasteiger charge is 2.16. The average molecular weight is 464 g/mol. The van der Waals surface area contributed by atoms with E-state index >= 15 is 0 Å². The molecule has 8 heteroatoms. The number of aryl methyl sites for hydroxylation is 1. The first kappa shape index (κ1) is 24.3. The molecule has 3 aromatic rings. The maximum atomic E-state index is 12.5. The van der Waals surface area contributed by atoms with Crippen LogP contribution in [0.3, 0.4) is 0 Å². The summed E-state index contributed by atoms with van der Waals surface area (Å²) in [4.78, 5) is 26.7. The number of nitrogens with zero attached hydrogens (tertiary/aromatic N) is 4. The Morgan fingerprint density at radius 2 is 1.85 bits per heavy atom. The van der Waals surface area contributed by atoms with Crippen LogP contribution in [0.25, 0.3) is 11.4 Å². The second kappa shape index (κ2) is 11.5. The van der Waals surface area contributed by atoms with E-state index in [1.165, 1.54) is 11.8 Å². The van der Waals surface area contributed by atoms with Gasteiger partial charge < -0.3 is 10.2 Å². The summed E-state index contributed by atoms with van der Waals surface area (Å²) in [5, 5.41) is 12.2. The Labute approximate surface area is 198 Å². The average Bonchev–Trinajstić information content (AvgIpc) is 3.22. The molecule has 0 bridgehead atoms. The fourth-order valence-electron chi connectivity index (χ4n) is 3.40. The van der Waals surface area contributed by atoms with Gasteiger partial charge in [-0.1, -0.05) is 41.6 Å². The largest absolute Gasteiger partial charge is 0.339 e. The van der Waals surface area contributed by atoms with E-state index in [9.17, 15) is 9.59 Å². The van der Waals surface area contributed by atoms with Gasteiger partial charge in [-0.25, -0.2) is 0 Å². The van der Waals surface area contributed by atoms with Gasteiger partial charge in [-0.2, -0.15) is 0 Å². The molecule has 0 fully saturated rings. The molecule has 0 radical (unpaired) electrons. The van der Waals surface area contributed by atoms with Gasteiger partial charge in [0.2, 0.25) is 5.91 Å². The van der Waals surface area contributed by atoms with E-state index in [2.05, 4.69) is 28.2 Å². The van der Waals surface area contributed by atoms with E-state index in [1.54, 1.807) is 35.2 Å². The van der Waals surface area contributed by atoms with Crippen LogP contribution < -0.4 is 5.32 Å². The molecule has 0 aliphatic heterocycles. The number of hydrogen-bond donors (Lipinski definition) is 1. The van der Waals surface area contributed by atoms with Crippen molar-refractivity contribution in [3.05, 3.63) is 72.3 Å². The number of allylic oxidation sites excluding steroid dienone is 1. The third kappa shape index (κ3) is 6.10. The Bertz CT molecular complexity index is 1120. The van der Waals surface area contributed by atoms with Crippen molar-refractivity contribution in [1.82, 2.24) is 19.7 Å². The van der Waals surface area contributed by atoms with E-state index in [0.717, 1.165) is 17.0 Å². The number of amides is 2. The van der Waals surface area contributed by atoms with Gasteiger partial charge in [0.15, 0.2) is 11.0 Å². The first-order valence-electron chi connectivity index (χ1n) is 10.9. The quantitative estimate of drug-likeness (QED) is 0.350. The minimum Gasteiger partial charge on any atom is -0.339 e. The Kier molecular flexibility index (Phi) is 8.43. The van der Waals surface area contributed by atoms with Gasteiger partial charge in [0.25, 0.3) is 5.91 Å². The molecule has 0 aliphatic rings. The molecule has 33 heavy (non-hydrogen) atoms. The second-order valence-corrected chi connectivity index (χ2v) is 8.41. The molecule has 172 valence electrons. The van der Waals surface area contributed by atoms with E-state index < -0.39 is 0 Å². The topological polar surface area (TPSA) is 80.1 Å². The molecule has 0 spiro atoms. The third-order valence-electron chi connectivity index (χ3n) is 5.10. The molecule has 7 nitrogen and oxygen atoms in total. The molecule has 2 aromatic carbocycles. The van der Waals surface area contributed by atoms with Gasteiger partial charge in [-0.3, -0.25) is 14.2 Å². The summed E-state index contributed by atoms with van der Waals surface area (Å²) >= 11 is 1.32. The van der Waals surface area contributed by atoms with Crippen molar-refractivity contribution in [1.29, 1.82) is 0 Å². The summed E-state index contributed by atoms with van der Waals surface area (Å²) in [5.74, 6) is 0.755. The summed E-state index contributed by atoms with van der Waals surface area (Å²) in [6.07, 6.45) is 1.79. The molecular weight excluding hydrogens is 434 g/mol. The molecule has 0 saturated heterocycles. The standard InChI is InChI=1S/C25H29N5O2S/c1-5-15-30-23(20-10-8-9-18(4)16-20)27-28-25(30)33-17-22(31)26-21-13-11-19(12-14-21)24(32)29(6-2)7-3/h5,8-14,16H,1,6-7,15,17H2,2-4H3,(H,26,31). The van der Waals surface area contributed by atoms with Crippen LogP contribution in [-0.2, 0) is 11.3 Å². The lowest BCUT2D eigenvalue weighted by Gasteiger charge is -2.18. The molecule has 1 aromatic heterocycles. The maximum Gasteiger partial charge on any atom is 0.253 e. The molecule has 1 heterocycles. The van der Waals surface area contributed by atoms with E-state index in [4.69, 9.17) is 0 Å². The van der Waals surface area contributed by atoms with Crippen LogP contribution in [-0.4, -0.2) is 50.3 Å². The fourth-order valence-corrected chi connectivity index (χ4v) is 4.15. The normalized spacial score (nSPS) is 10.6. The molecular formula is C25H29N5O2S. The number of thioether (sulfide) groups is 1. The van der Waals surface area contributed by atoms with Crippen LogP contribution in [0.4, 0.5) is 5.69 Å². The molecule has 1 N–H and O–H groups in total. The van der Waals surface area contributed by atoms with Gasteiger partial charge in [-0.15, -0.1) is 16.8 Å². The van der Waals surface area contributed by atoms with Gasteiger partial charge >= 0.3 is 0 Å². The monoisotopic (exact) mass is 463 g/mol. The van der Waals surface area contributed by atoms with Crippen LogP contribution >= 0.6 is 11.8 Å².